The van der Waals surface area contributed by atoms with Crippen molar-refractivity contribution in [3.05, 3.63) is 11.6 Å². The molecule has 0 bridgehead atoms. The topological polar surface area (TPSA) is 26.3 Å². The van der Waals surface area contributed by atoms with E-state index in [0.29, 0.717) is 0 Å². The predicted molar refractivity (Wildman–Crippen MR) is 66.2 cm³/mol. The molecule has 0 radical (unpaired) electrons. The second-order valence-electron chi connectivity index (χ2n) is 5.05. The molecular formula is C14H24O2. The molecule has 0 spiro atoms. The summed E-state index contributed by atoms with van der Waals surface area (Å²) in [4.78, 5) is 11.3. The van der Waals surface area contributed by atoms with E-state index >= 15 is 0 Å². The molecular weight excluding hydrogens is 200 g/mol. The lowest BCUT2D eigenvalue weighted by Crippen LogP contribution is -2.23. The maximum absolute atomic E-state index is 11.3. The number of carbonyl (C=O) groups is 1. The minimum Gasteiger partial charge on any atom is -0.452 e. The Morgan fingerprint density at radius 2 is 1.81 bits per heavy atom. The van der Waals surface area contributed by atoms with Crippen LogP contribution in [0.3, 0.4) is 0 Å². The third-order valence-electron chi connectivity index (χ3n) is 3.20. The number of unbranched alkanes of at least 4 members (excludes halogenated alkanes) is 5. The van der Waals surface area contributed by atoms with Crippen LogP contribution in [-0.4, -0.2) is 11.6 Å². The summed E-state index contributed by atoms with van der Waals surface area (Å²) in [6.07, 6.45) is 10.6. The van der Waals surface area contributed by atoms with Gasteiger partial charge in [-0.2, -0.15) is 0 Å². The van der Waals surface area contributed by atoms with E-state index in [2.05, 4.69) is 6.92 Å². The number of esters is 1. The highest BCUT2D eigenvalue weighted by atomic mass is 16.6. The van der Waals surface area contributed by atoms with Gasteiger partial charge in [0.2, 0.25) is 0 Å². The van der Waals surface area contributed by atoms with Gasteiger partial charge in [-0.3, -0.25) is 0 Å². The third kappa shape index (κ3) is 3.99. The number of rotatable bonds is 7. The standard InChI is InChI=1S/C14H24O2/c1-4-5-6-7-8-9-10-14(3)11-12(2)13(15)16-14/h11H,4-10H2,1-3H3. The first-order valence-electron chi connectivity index (χ1n) is 6.50. The van der Waals surface area contributed by atoms with Crippen molar-refractivity contribution in [3.63, 3.8) is 0 Å². The van der Waals surface area contributed by atoms with E-state index in [1.165, 1.54) is 32.1 Å². The summed E-state index contributed by atoms with van der Waals surface area (Å²) in [7, 11) is 0. The maximum atomic E-state index is 11.3. The molecule has 1 atom stereocenters. The number of cyclic esters (lactones) is 1. The van der Waals surface area contributed by atoms with Crippen LogP contribution in [0.25, 0.3) is 0 Å². The number of ether oxygens (including phenoxy) is 1. The molecule has 1 rings (SSSR count). The molecule has 0 aromatic rings. The van der Waals surface area contributed by atoms with E-state index in [9.17, 15) is 4.79 Å². The first-order chi connectivity index (χ1) is 7.57. The fourth-order valence-electron chi connectivity index (χ4n) is 2.22. The molecule has 2 heteroatoms. The predicted octanol–water partition coefficient (Wildman–Crippen LogP) is 4.00. The van der Waals surface area contributed by atoms with Crippen LogP contribution in [0.4, 0.5) is 0 Å². The Kier molecular flexibility index (Phi) is 5.04. The SMILES string of the molecule is CCCCCCCCC1(C)C=C(C)C(=O)O1. The van der Waals surface area contributed by atoms with Gasteiger partial charge in [0.1, 0.15) is 5.60 Å². The Morgan fingerprint density at radius 1 is 1.19 bits per heavy atom. The van der Waals surface area contributed by atoms with E-state index in [1.807, 2.05) is 19.9 Å². The molecule has 0 aromatic heterocycles. The van der Waals surface area contributed by atoms with Crippen LogP contribution in [0.1, 0.15) is 65.7 Å². The molecule has 92 valence electrons. The van der Waals surface area contributed by atoms with Crippen LogP contribution in [-0.2, 0) is 9.53 Å². The van der Waals surface area contributed by atoms with Crippen LogP contribution >= 0.6 is 0 Å². The average molecular weight is 224 g/mol. The highest BCUT2D eigenvalue weighted by molar-refractivity contribution is 5.90. The highest BCUT2D eigenvalue weighted by Gasteiger charge is 2.33. The Hall–Kier alpha value is -0.790. The largest absolute Gasteiger partial charge is 0.452 e. The summed E-state index contributed by atoms with van der Waals surface area (Å²) in [5.74, 6) is -0.145. The second-order valence-corrected chi connectivity index (χ2v) is 5.05. The van der Waals surface area contributed by atoms with E-state index < -0.39 is 0 Å². The van der Waals surface area contributed by atoms with Crippen LogP contribution < -0.4 is 0 Å². The summed E-state index contributed by atoms with van der Waals surface area (Å²) in [5.41, 5.74) is 0.430. The number of hydrogen-bond acceptors (Lipinski definition) is 2. The Balaban J connectivity index is 2.16. The van der Waals surface area contributed by atoms with Crippen LogP contribution in [0.2, 0.25) is 0 Å². The van der Waals surface area contributed by atoms with Gasteiger partial charge in [-0.05, 0) is 32.8 Å². The summed E-state index contributed by atoms with van der Waals surface area (Å²) >= 11 is 0. The lowest BCUT2D eigenvalue weighted by atomic mass is 9.97. The summed E-state index contributed by atoms with van der Waals surface area (Å²) in [5, 5.41) is 0. The van der Waals surface area contributed by atoms with Crippen LogP contribution in [0.5, 0.6) is 0 Å². The molecule has 0 fully saturated rings. The lowest BCUT2D eigenvalue weighted by Gasteiger charge is -2.20. The smallest absolute Gasteiger partial charge is 0.334 e. The second kappa shape index (κ2) is 6.07. The van der Waals surface area contributed by atoms with Gasteiger partial charge in [0.05, 0.1) is 0 Å². The quantitative estimate of drug-likeness (QED) is 0.482. The van der Waals surface area contributed by atoms with Crippen molar-refractivity contribution >= 4 is 5.97 Å². The summed E-state index contributed by atoms with van der Waals surface area (Å²) in [6.45, 7) is 6.06. The van der Waals surface area contributed by atoms with Crippen LogP contribution in [0, 0.1) is 0 Å². The van der Waals surface area contributed by atoms with Gasteiger partial charge in [0.25, 0.3) is 0 Å². The van der Waals surface area contributed by atoms with Gasteiger partial charge in [-0.1, -0.05) is 39.0 Å². The summed E-state index contributed by atoms with van der Waals surface area (Å²) < 4.78 is 5.36. The van der Waals surface area contributed by atoms with Gasteiger partial charge in [-0.15, -0.1) is 0 Å². The molecule has 0 N–H and O–H groups in total. The zero-order valence-electron chi connectivity index (χ0n) is 10.8. The molecule has 0 aromatic carbocycles. The lowest BCUT2D eigenvalue weighted by molar-refractivity contribution is -0.145. The Bertz CT molecular complexity index is 268. The van der Waals surface area contributed by atoms with Crippen molar-refractivity contribution < 1.29 is 9.53 Å². The Morgan fingerprint density at radius 3 is 2.38 bits per heavy atom. The molecule has 0 saturated carbocycles. The van der Waals surface area contributed by atoms with Crippen molar-refractivity contribution in [2.75, 3.05) is 0 Å². The van der Waals surface area contributed by atoms with Crippen molar-refractivity contribution in [1.82, 2.24) is 0 Å². The van der Waals surface area contributed by atoms with E-state index in [1.54, 1.807) is 0 Å². The van der Waals surface area contributed by atoms with Gasteiger partial charge < -0.3 is 4.74 Å². The zero-order chi connectivity index (χ0) is 12.0. The molecule has 2 nitrogen and oxygen atoms in total. The molecule has 0 amide bonds. The normalized spacial score (nSPS) is 24.4. The first-order valence-corrected chi connectivity index (χ1v) is 6.50. The summed E-state index contributed by atoms with van der Waals surface area (Å²) in [6, 6.07) is 0. The van der Waals surface area contributed by atoms with Crippen molar-refractivity contribution in [2.45, 2.75) is 71.3 Å². The minimum atomic E-state index is -0.327. The van der Waals surface area contributed by atoms with E-state index in [0.717, 1.165) is 18.4 Å². The number of hydrogen-bond donors (Lipinski definition) is 0. The van der Waals surface area contributed by atoms with E-state index in [4.69, 9.17) is 4.74 Å². The van der Waals surface area contributed by atoms with Gasteiger partial charge in [0.15, 0.2) is 0 Å². The van der Waals surface area contributed by atoms with Gasteiger partial charge in [0, 0.05) is 5.57 Å². The van der Waals surface area contributed by atoms with Crippen molar-refractivity contribution in [3.8, 4) is 0 Å². The Labute approximate surface area is 99.1 Å². The van der Waals surface area contributed by atoms with Crippen molar-refractivity contribution in [2.24, 2.45) is 0 Å². The molecule has 0 aliphatic carbocycles. The van der Waals surface area contributed by atoms with Gasteiger partial charge in [-0.25, -0.2) is 4.79 Å². The molecule has 0 saturated heterocycles. The van der Waals surface area contributed by atoms with Crippen LogP contribution in [0.15, 0.2) is 11.6 Å². The molecule has 1 aliphatic heterocycles. The van der Waals surface area contributed by atoms with E-state index in [-0.39, 0.29) is 11.6 Å². The average Bonchev–Trinajstić information content (AvgIpc) is 2.47. The third-order valence-corrected chi connectivity index (χ3v) is 3.20. The molecule has 1 unspecified atom stereocenters. The minimum absolute atomic E-state index is 0.145. The monoisotopic (exact) mass is 224 g/mol. The molecule has 1 heterocycles. The fraction of sp³-hybridized carbons (Fsp3) is 0.786. The molecule has 1 aliphatic rings. The maximum Gasteiger partial charge on any atom is 0.334 e. The van der Waals surface area contributed by atoms with Crippen molar-refractivity contribution in [1.29, 1.82) is 0 Å². The zero-order valence-corrected chi connectivity index (χ0v) is 10.8. The number of carbonyl (C=O) groups excluding carboxylic acids is 1. The highest BCUT2D eigenvalue weighted by Crippen LogP contribution is 2.29. The first kappa shape index (κ1) is 13.3. The van der Waals surface area contributed by atoms with Gasteiger partial charge >= 0.3 is 5.97 Å². The molecule has 16 heavy (non-hydrogen) atoms. The fourth-order valence-corrected chi connectivity index (χ4v) is 2.22.